The minimum absolute atomic E-state index is 0.0137. The fourth-order valence-electron chi connectivity index (χ4n) is 1.42. The standard InChI is InChI=1S/C12H19NOS/c1-3-8-14-9-11(13)10-6-4-5-7-12(10)15-2/h4-7,11H,3,8-9,13H2,1-2H3. The summed E-state index contributed by atoms with van der Waals surface area (Å²) in [6.45, 7) is 3.49. The van der Waals surface area contributed by atoms with Gasteiger partial charge in [0.2, 0.25) is 0 Å². The van der Waals surface area contributed by atoms with Crippen molar-refractivity contribution in [1.29, 1.82) is 0 Å². The monoisotopic (exact) mass is 225 g/mol. The van der Waals surface area contributed by atoms with E-state index in [4.69, 9.17) is 10.5 Å². The van der Waals surface area contributed by atoms with Crippen molar-refractivity contribution in [2.45, 2.75) is 24.3 Å². The van der Waals surface area contributed by atoms with Crippen molar-refractivity contribution < 1.29 is 4.74 Å². The Kier molecular flexibility index (Phi) is 5.76. The summed E-state index contributed by atoms with van der Waals surface area (Å²) < 4.78 is 5.46. The number of benzene rings is 1. The summed E-state index contributed by atoms with van der Waals surface area (Å²) >= 11 is 1.73. The van der Waals surface area contributed by atoms with Crippen LogP contribution in [0.25, 0.3) is 0 Å². The van der Waals surface area contributed by atoms with Gasteiger partial charge in [0, 0.05) is 11.5 Å². The number of nitrogens with two attached hydrogens (primary N) is 1. The zero-order valence-corrected chi connectivity index (χ0v) is 10.2. The third kappa shape index (κ3) is 3.86. The van der Waals surface area contributed by atoms with E-state index in [0.29, 0.717) is 6.61 Å². The Morgan fingerprint density at radius 1 is 1.40 bits per heavy atom. The van der Waals surface area contributed by atoms with Crippen LogP contribution in [0, 0.1) is 0 Å². The van der Waals surface area contributed by atoms with Crippen molar-refractivity contribution in [3.63, 3.8) is 0 Å². The van der Waals surface area contributed by atoms with Crippen LogP contribution in [0.3, 0.4) is 0 Å². The summed E-state index contributed by atoms with van der Waals surface area (Å²) in [7, 11) is 0. The van der Waals surface area contributed by atoms with Crippen molar-refractivity contribution in [1.82, 2.24) is 0 Å². The molecule has 0 amide bonds. The Balaban J connectivity index is 2.59. The molecule has 1 rings (SSSR count). The lowest BCUT2D eigenvalue weighted by Crippen LogP contribution is -2.18. The molecule has 3 heteroatoms. The average Bonchev–Trinajstić information content (AvgIpc) is 2.29. The van der Waals surface area contributed by atoms with Crippen LogP contribution < -0.4 is 5.73 Å². The van der Waals surface area contributed by atoms with Gasteiger partial charge in [-0.1, -0.05) is 25.1 Å². The first-order valence-corrected chi connectivity index (χ1v) is 6.48. The van der Waals surface area contributed by atoms with E-state index in [1.54, 1.807) is 11.8 Å². The number of ether oxygens (including phenoxy) is 1. The molecule has 0 radical (unpaired) electrons. The van der Waals surface area contributed by atoms with Crippen molar-refractivity contribution in [3.8, 4) is 0 Å². The Morgan fingerprint density at radius 3 is 2.80 bits per heavy atom. The topological polar surface area (TPSA) is 35.2 Å². The summed E-state index contributed by atoms with van der Waals surface area (Å²) in [4.78, 5) is 1.24. The average molecular weight is 225 g/mol. The molecule has 0 heterocycles. The van der Waals surface area contributed by atoms with E-state index in [2.05, 4.69) is 25.3 Å². The van der Waals surface area contributed by atoms with Crippen molar-refractivity contribution in [3.05, 3.63) is 29.8 Å². The van der Waals surface area contributed by atoms with Crippen LogP contribution in [0.5, 0.6) is 0 Å². The first-order valence-electron chi connectivity index (χ1n) is 5.25. The van der Waals surface area contributed by atoms with Crippen LogP contribution in [-0.4, -0.2) is 19.5 Å². The fourth-order valence-corrected chi connectivity index (χ4v) is 2.09. The fraction of sp³-hybridized carbons (Fsp3) is 0.500. The summed E-state index contributed by atoms with van der Waals surface area (Å²) in [6, 6.07) is 8.22. The molecule has 1 atom stereocenters. The number of hydrogen-bond acceptors (Lipinski definition) is 3. The highest BCUT2D eigenvalue weighted by Crippen LogP contribution is 2.24. The minimum Gasteiger partial charge on any atom is -0.379 e. The molecule has 84 valence electrons. The molecule has 0 saturated carbocycles. The van der Waals surface area contributed by atoms with E-state index in [-0.39, 0.29) is 6.04 Å². The third-order valence-electron chi connectivity index (χ3n) is 2.18. The number of rotatable bonds is 6. The van der Waals surface area contributed by atoms with Crippen molar-refractivity contribution in [2.75, 3.05) is 19.5 Å². The molecular formula is C12H19NOS. The molecule has 0 bridgehead atoms. The van der Waals surface area contributed by atoms with Gasteiger partial charge in [-0.25, -0.2) is 0 Å². The second-order valence-electron chi connectivity index (χ2n) is 3.42. The van der Waals surface area contributed by atoms with Gasteiger partial charge in [-0.05, 0) is 24.3 Å². The molecule has 15 heavy (non-hydrogen) atoms. The van der Waals surface area contributed by atoms with E-state index in [1.807, 2.05) is 12.1 Å². The van der Waals surface area contributed by atoms with Crippen LogP contribution in [0.15, 0.2) is 29.2 Å². The minimum atomic E-state index is -0.0137. The second-order valence-corrected chi connectivity index (χ2v) is 4.27. The molecule has 2 N–H and O–H groups in total. The lowest BCUT2D eigenvalue weighted by Gasteiger charge is -2.15. The first-order chi connectivity index (χ1) is 7.29. The molecule has 0 saturated heterocycles. The Morgan fingerprint density at radius 2 is 2.13 bits per heavy atom. The second kappa shape index (κ2) is 6.88. The normalized spacial score (nSPS) is 12.7. The van der Waals surface area contributed by atoms with Crippen molar-refractivity contribution in [2.24, 2.45) is 5.73 Å². The predicted octanol–water partition coefficient (Wildman–Crippen LogP) is 2.83. The molecule has 0 spiro atoms. The highest BCUT2D eigenvalue weighted by Gasteiger charge is 2.09. The molecule has 1 aromatic rings. The lowest BCUT2D eigenvalue weighted by atomic mass is 10.1. The van der Waals surface area contributed by atoms with Gasteiger partial charge in [-0.15, -0.1) is 11.8 Å². The Labute approximate surface area is 96.2 Å². The molecular weight excluding hydrogens is 206 g/mol. The quantitative estimate of drug-likeness (QED) is 0.597. The van der Waals surface area contributed by atoms with Gasteiger partial charge >= 0.3 is 0 Å². The highest BCUT2D eigenvalue weighted by atomic mass is 32.2. The van der Waals surface area contributed by atoms with Crippen LogP contribution in [0.4, 0.5) is 0 Å². The van der Waals surface area contributed by atoms with E-state index in [1.165, 1.54) is 10.5 Å². The zero-order valence-electron chi connectivity index (χ0n) is 9.40. The van der Waals surface area contributed by atoms with Gasteiger partial charge in [0.1, 0.15) is 0 Å². The Bertz CT molecular complexity index is 291. The molecule has 2 nitrogen and oxygen atoms in total. The third-order valence-corrected chi connectivity index (χ3v) is 3.00. The molecule has 0 fully saturated rings. The molecule has 0 aliphatic heterocycles. The van der Waals surface area contributed by atoms with Crippen LogP contribution in [-0.2, 0) is 4.74 Å². The van der Waals surface area contributed by atoms with Gasteiger partial charge in [-0.2, -0.15) is 0 Å². The Hall–Kier alpha value is -0.510. The number of thioether (sulfide) groups is 1. The van der Waals surface area contributed by atoms with Gasteiger partial charge in [0.15, 0.2) is 0 Å². The van der Waals surface area contributed by atoms with Gasteiger partial charge in [0.25, 0.3) is 0 Å². The van der Waals surface area contributed by atoms with E-state index < -0.39 is 0 Å². The zero-order chi connectivity index (χ0) is 11.1. The predicted molar refractivity (Wildman–Crippen MR) is 66.3 cm³/mol. The largest absolute Gasteiger partial charge is 0.379 e. The number of hydrogen-bond donors (Lipinski definition) is 1. The lowest BCUT2D eigenvalue weighted by molar-refractivity contribution is 0.121. The first kappa shape index (κ1) is 12.6. The molecule has 1 aromatic carbocycles. The highest BCUT2D eigenvalue weighted by molar-refractivity contribution is 7.98. The summed E-state index contributed by atoms with van der Waals surface area (Å²) in [5, 5.41) is 0. The maximum atomic E-state index is 6.07. The maximum absolute atomic E-state index is 6.07. The van der Waals surface area contributed by atoms with E-state index in [0.717, 1.165) is 13.0 Å². The van der Waals surface area contributed by atoms with Gasteiger partial charge in [0.05, 0.1) is 12.6 Å². The van der Waals surface area contributed by atoms with E-state index >= 15 is 0 Å². The van der Waals surface area contributed by atoms with Gasteiger partial charge < -0.3 is 10.5 Å². The molecule has 1 unspecified atom stereocenters. The maximum Gasteiger partial charge on any atom is 0.0659 e. The summed E-state index contributed by atoms with van der Waals surface area (Å²) in [5.41, 5.74) is 7.26. The molecule has 0 aromatic heterocycles. The molecule has 0 aliphatic rings. The summed E-state index contributed by atoms with van der Waals surface area (Å²) in [6.07, 6.45) is 3.11. The van der Waals surface area contributed by atoms with Gasteiger partial charge in [-0.3, -0.25) is 0 Å². The van der Waals surface area contributed by atoms with Crippen LogP contribution >= 0.6 is 11.8 Å². The van der Waals surface area contributed by atoms with E-state index in [9.17, 15) is 0 Å². The van der Waals surface area contributed by atoms with Crippen LogP contribution in [0.2, 0.25) is 0 Å². The molecule has 0 aliphatic carbocycles. The smallest absolute Gasteiger partial charge is 0.0659 e. The summed E-state index contributed by atoms with van der Waals surface area (Å²) in [5.74, 6) is 0. The van der Waals surface area contributed by atoms with Crippen molar-refractivity contribution >= 4 is 11.8 Å². The van der Waals surface area contributed by atoms with Crippen LogP contribution in [0.1, 0.15) is 24.9 Å². The SMILES string of the molecule is CCCOCC(N)c1ccccc1SC.